The van der Waals surface area contributed by atoms with Crippen LogP contribution in [-0.2, 0) is 29.1 Å². The van der Waals surface area contributed by atoms with Gasteiger partial charge in [0.1, 0.15) is 17.8 Å². The number of anilines is 1. The zero-order valence-corrected chi connectivity index (χ0v) is 21.4. The van der Waals surface area contributed by atoms with Crippen molar-refractivity contribution in [3.8, 4) is 5.75 Å². The summed E-state index contributed by atoms with van der Waals surface area (Å²) in [6.07, 6.45) is 2.88. The fourth-order valence-corrected chi connectivity index (χ4v) is 5.00. The van der Waals surface area contributed by atoms with E-state index < -0.39 is 5.91 Å². The molecule has 3 aromatic rings. The van der Waals surface area contributed by atoms with Crippen molar-refractivity contribution in [1.29, 1.82) is 0 Å². The second-order valence-corrected chi connectivity index (χ2v) is 9.64. The van der Waals surface area contributed by atoms with Gasteiger partial charge in [0, 0.05) is 24.7 Å². The van der Waals surface area contributed by atoms with Crippen LogP contribution in [0, 0.1) is 0 Å². The van der Waals surface area contributed by atoms with Crippen molar-refractivity contribution in [2.45, 2.75) is 38.9 Å². The molecule has 5 rings (SSSR count). The van der Waals surface area contributed by atoms with Crippen molar-refractivity contribution >= 4 is 29.2 Å². The number of nitrogens with zero attached hydrogens (tertiary/aromatic N) is 3. The number of aromatic nitrogens is 2. The zero-order chi connectivity index (χ0) is 27.5. The predicted octanol–water partition coefficient (Wildman–Crippen LogP) is 1.91. The number of hydrogen-bond donors (Lipinski definition) is 3. The minimum atomic E-state index is -0.470. The molecule has 3 amide bonds. The van der Waals surface area contributed by atoms with Crippen molar-refractivity contribution in [3.05, 3.63) is 82.4 Å². The van der Waals surface area contributed by atoms with E-state index in [1.807, 2.05) is 23.1 Å². The number of ether oxygens (including phenoxy) is 1. The number of hydrogen-bond acceptors (Lipinski definition) is 8. The number of ketones is 1. The van der Waals surface area contributed by atoms with E-state index in [0.29, 0.717) is 22.7 Å². The molecule has 0 bridgehead atoms. The van der Waals surface area contributed by atoms with E-state index in [1.165, 1.54) is 13.3 Å². The Labute approximate surface area is 224 Å². The summed E-state index contributed by atoms with van der Waals surface area (Å²) in [6, 6.07) is 12.5. The second kappa shape index (κ2) is 11.0. The second-order valence-electron chi connectivity index (χ2n) is 9.64. The lowest BCUT2D eigenvalue weighted by Crippen LogP contribution is -2.36. The Bertz CT molecular complexity index is 1470. The van der Waals surface area contributed by atoms with Crippen LogP contribution in [0.2, 0.25) is 0 Å². The number of nitrogens with one attached hydrogen (secondary N) is 2. The number of aryl methyl sites for hydroxylation is 1. The predicted molar refractivity (Wildman–Crippen MR) is 141 cm³/mol. The molecule has 0 spiro atoms. The van der Waals surface area contributed by atoms with Gasteiger partial charge in [0.05, 0.1) is 17.9 Å². The smallest absolute Gasteiger partial charge is 0.270 e. The minimum absolute atomic E-state index is 0.00874. The first-order chi connectivity index (χ1) is 18.8. The zero-order valence-electron chi connectivity index (χ0n) is 21.4. The van der Waals surface area contributed by atoms with E-state index in [-0.39, 0.29) is 55.6 Å². The van der Waals surface area contributed by atoms with E-state index in [9.17, 15) is 19.2 Å². The molecule has 1 aliphatic carbocycles. The maximum atomic E-state index is 12.9. The molecule has 11 nitrogen and oxygen atoms in total. The SMILES string of the molecule is CC(=O)c1ccc2c(c1)CCC2N(CC(N)=O)Cc1cc(C(=O)NCc2ccc3c(c2)NC(=O)CO3)ncn1. The molecule has 0 saturated carbocycles. The minimum Gasteiger partial charge on any atom is -0.482 e. The van der Waals surface area contributed by atoms with Crippen LogP contribution in [-0.4, -0.2) is 51.5 Å². The first-order valence-corrected chi connectivity index (χ1v) is 12.6. The van der Waals surface area contributed by atoms with Crippen LogP contribution in [0.5, 0.6) is 5.75 Å². The highest BCUT2D eigenvalue weighted by atomic mass is 16.5. The molecular weight excluding hydrogens is 500 g/mol. The molecule has 2 aliphatic rings. The normalized spacial score (nSPS) is 15.6. The van der Waals surface area contributed by atoms with Crippen LogP contribution < -0.4 is 21.1 Å². The maximum Gasteiger partial charge on any atom is 0.270 e. The van der Waals surface area contributed by atoms with Crippen LogP contribution in [0.3, 0.4) is 0 Å². The number of primary amides is 1. The Morgan fingerprint density at radius 3 is 2.79 bits per heavy atom. The van der Waals surface area contributed by atoms with Crippen molar-refractivity contribution in [1.82, 2.24) is 20.2 Å². The van der Waals surface area contributed by atoms with E-state index in [2.05, 4.69) is 20.6 Å². The lowest BCUT2D eigenvalue weighted by molar-refractivity contribution is -0.120. The number of carbonyl (C=O) groups is 4. The summed E-state index contributed by atoms with van der Waals surface area (Å²) in [5.41, 5.74) is 10.5. The van der Waals surface area contributed by atoms with Gasteiger partial charge in [-0.25, -0.2) is 9.97 Å². The Kier molecular flexibility index (Phi) is 7.33. The van der Waals surface area contributed by atoms with Crippen LogP contribution in [0.15, 0.2) is 48.8 Å². The number of carbonyl (C=O) groups excluding carboxylic acids is 4. The average Bonchev–Trinajstić information content (AvgIpc) is 3.34. The highest BCUT2D eigenvalue weighted by Crippen LogP contribution is 2.37. The van der Waals surface area contributed by atoms with Gasteiger partial charge in [-0.1, -0.05) is 18.2 Å². The largest absolute Gasteiger partial charge is 0.482 e. The summed E-state index contributed by atoms with van der Waals surface area (Å²) in [4.78, 5) is 58.5. The van der Waals surface area contributed by atoms with Crippen LogP contribution in [0.25, 0.3) is 0 Å². The molecule has 4 N–H and O–H groups in total. The van der Waals surface area contributed by atoms with Crippen LogP contribution in [0.4, 0.5) is 5.69 Å². The average molecular weight is 529 g/mol. The van der Waals surface area contributed by atoms with Gasteiger partial charge < -0.3 is 21.1 Å². The molecule has 1 atom stereocenters. The van der Waals surface area contributed by atoms with Crippen molar-refractivity contribution < 1.29 is 23.9 Å². The first kappa shape index (κ1) is 26.0. The van der Waals surface area contributed by atoms with Gasteiger partial charge in [-0.15, -0.1) is 0 Å². The Balaban J connectivity index is 1.28. The third-order valence-corrected chi connectivity index (χ3v) is 6.85. The summed E-state index contributed by atoms with van der Waals surface area (Å²) in [6.45, 7) is 2.04. The molecule has 1 aliphatic heterocycles. The van der Waals surface area contributed by atoms with Crippen LogP contribution >= 0.6 is 0 Å². The molecular formula is C28H28N6O5. The highest BCUT2D eigenvalue weighted by molar-refractivity contribution is 5.96. The molecule has 1 aromatic heterocycles. The number of fused-ring (bicyclic) bond motifs is 2. The Morgan fingerprint density at radius 1 is 1.15 bits per heavy atom. The van der Waals surface area contributed by atoms with E-state index >= 15 is 0 Å². The molecule has 0 fully saturated rings. The lowest BCUT2D eigenvalue weighted by atomic mass is 10.0. The summed E-state index contributed by atoms with van der Waals surface area (Å²) in [7, 11) is 0. The highest BCUT2D eigenvalue weighted by Gasteiger charge is 2.30. The van der Waals surface area contributed by atoms with Crippen molar-refractivity contribution in [2.75, 3.05) is 18.5 Å². The summed E-state index contributed by atoms with van der Waals surface area (Å²) in [5, 5.41) is 5.58. The van der Waals surface area contributed by atoms with E-state index in [4.69, 9.17) is 10.5 Å². The number of Topliss-reactive ketones (excluding diaryl/α,β-unsaturated/α-hetero) is 1. The molecule has 39 heavy (non-hydrogen) atoms. The van der Waals surface area contributed by atoms with Gasteiger partial charge in [-0.2, -0.15) is 0 Å². The van der Waals surface area contributed by atoms with E-state index in [0.717, 1.165) is 29.5 Å². The van der Waals surface area contributed by atoms with Gasteiger partial charge in [-0.3, -0.25) is 24.1 Å². The molecule has 200 valence electrons. The van der Waals surface area contributed by atoms with Gasteiger partial charge in [-0.05, 0) is 60.7 Å². The lowest BCUT2D eigenvalue weighted by Gasteiger charge is -2.28. The number of rotatable bonds is 9. The molecule has 0 saturated heterocycles. The number of nitrogens with two attached hydrogens (primary N) is 1. The van der Waals surface area contributed by atoms with Crippen molar-refractivity contribution in [3.63, 3.8) is 0 Å². The quantitative estimate of drug-likeness (QED) is 0.356. The summed E-state index contributed by atoms with van der Waals surface area (Å²) < 4.78 is 5.36. The Morgan fingerprint density at radius 2 is 2.00 bits per heavy atom. The molecule has 2 aromatic carbocycles. The fraction of sp³-hybridized carbons (Fsp3) is 0.286. The molecule has 11 heteroatoms. The van der Waals surface area contributed by atoms with Gasteiger partial charge in [0.15, 0.2) is 12.4 Å². The van der Waals surface area contributed by atoms with Gasteiger partial charge >= 0.3 is 0 Å². The molecule has 2 heterocycles. The third-order valence-electron chi connectivity index (χ3n) is 6.85. The maximum absolute atomic E-state index is 12.9. The van der Waals surface area contributed by atoms with Gasteiger partial charge in [0.25, 0.3) is 11.8 Å². The topological polar surface area (TPSA) is 157 Å². The first-order valence-electron chi connectivity index (χ1n) is 12.6. The third kappa shape index (κ3) is 5.93. The van der Waals surface area contributed by atoms with Gasteiger partial charge in [0.2, 0.25) is 5.91 Å². The van der Waals surface area contributed by atoms with Crippen LogP contribution in [0.1, 0.15) is 62.6 Å². The summed E-state index contributed by atoms with van der Waals surface area (Å²) >= 11 is 0. The summed E-state index contributed by atoms with van der Waals surface area (Å²) in [5.74, 6) is -0.503. The monoisotopic (exact) mass is 528 g/mol. The van der Waals surface area contributed by atoms with Crippen molar-refractivity contribution in [2.24, 2.45) is 5.73 Å². The standard InChI is InChI=1S/C28H28N6O5/c1-16(35)18-3-5-21-19(9-18)4-6-24(21)34(13-26(29)36)12-20-10-23(32-15-31-20)28(38)30-11-17-2-7-25-22(8-17)33-27(37)14-39-25/h2-3,5,7-10,15,24H,4,6,11-14H2,1H3,(H2,29,36)(H,30,38)(H,33,37). The fourth-order valence-electron chi connectivity index (χ4n) is 5.00. The molecule has 1 unspecified atom stereocenters. The molecule has 0 radical (unpaired) electrons. The number of benzene rings is 2. The Hall–Kier alpha value is -4.64. The van der Waals surface area contributed by atoms with E-state index in [1.54, 1.807) is 24.3 Å². The number of amides is 3.